The number of rotatable bonds is 2. The van der Waals surface area contributed by atoms with Gasteiger partial charge in [-0.1, -0.05) is 0 Å². The molecule has 4 saturated heterocycles. The lowest BCUT2D eigenvalue weighted by atomic mass is 9.99. The van der Waals surface area contributed by atoms with Crippen molar-refractivity contribution >= 4 is 11.5 Å². The molecule has 0 spiro atoms. The average molecular weight is 287 g/mol. The summed E-state index contributed by atoms with van der Waals surface area (Å²) in [6.45, 7) is 4.66. The Labute approximate surface area is 123 Å². The summed E-state index contributed by atoms with van der Waals surface area (Å²) in [5.74, 6) is 0.841. The maximum Gasteiger partial charge on any atom is 0.186 e. The van der Waals surface area contributed by atoms with Crippen molar-refractivity contribution < 1.29 is 9.47 Å². The highest BCUT2D eigenvalue weighted by Gasteiger charge is 2.39. The van der Waals surface area contributed by atoms with Crippen LogP contribution in [0.3, 0.4) is 0 Å². The van der Waals surface area contributed by atoms with E-state index in [0.29, 0.717) is 31.1 Å². The molecule has 0 amide bonds. The van der Waals surface area contributed by atoms with E-state index in [0.717, 1.165) is 44.1 Å². The molecule has 2 bridgehead atoms. The van der Waals surface area contributed by atoms with Gasteiger partial charge in [0.05, 0.1) is 31.1 Å². The Balaban J connectivity index is 1.62. The molecule has 1 aromatic rings. The van der Waals surface area contributed by atoms with Crippen LogP contribution in [0.15, 0.2) is 6.07 Å². The van der Waals surface area contributed by atoms with E-state index in [1.165, 1.54) is 0 Å². The van der Waals surface area contributed by atoms with Crippen molar-refractivity contribution in [2.45, 2.75) is 18.6 Å². The Bertz CT molecular complexity index is 565. The van der Waals surface area contributed by atoms with Crippen LogP contribution in [-0.4, -0.2) is 61.8 Å². The van der Waals surface area contributed by atoms with Gasteiger partial charge in [0.25, 0.3) is 0 Å². The summed E-state index contributed by atoms with van der Waals surface area (Å²) >= 11 is 0. The van der Waals surface area contributed by atoms with Gasteiger partial charge in [-0.25, -0.2) is 0 Å². The summed E-state index contributed by atoms with van der Waals surface area (Å²) in [4.78, 5) is 4.36. The lowest BCUT2D eigenvalue weighted by Gasteiger charge is -2.47. The van der Waals surface area contributed by atoms with Crippen LogP contribution in [0.4, 0.5) is 11.5 Å². The van der Waals surface area contributed by atoms with Crippen molar-refractivity contribution in [3.63, 3.8) is 0 Å². The minimum Gasteiger partial charge on any atom is -0.378 e. The molecule has 4 fully saturated rings. The summed E-state index contributed by atoms with van der Waals surface area (Å²) in [5, 5.41) is 17.6. The number of aromatic nitrogens is 2. The third-order valence-corrected chi connectivity index (χ3v) is 4.30. The first-order valence-corrected chi connectivity index (χ1v) is 7.34. The lowest BCUT2D eigenvalue weighted by molar-refractivity contribution is -0.133. The third kappa shape index (κ3) is 2.30. The van der Waals surface area contributed by atoms with E-state index >= 15 is 0 Å². The van der Waals surface area contributed by atoms with Gasteiger partial charge in [-0.05, 0) is 0 Å². The number of morpholine rings is 2. The van der Waals surface area contributed by atoms with Crippen molar-refractivity contribution in [2.24, 2.45) is 0 Å². The van der Waals surface area contributed by atoms with Gasteiger partial charge in [0.1, 0.15) is 6.07 Å². The topological polar surface area (TPSA) is 74.5 Å². The number of nitriles is 1. The lowest BCUT2D eigenvalue weighted by Crippen LogP contribution is -2.57. The van der Waals surface area contributed by atoms with Crippen LogP contribution in [0, 0.1) is 11.3 Å². The molecule has 1 aromatic heterocycles. The fourth-order valence-electron chi connectivity index (χ4n) is 3.19. The summed E-state index contributed by atoms with van der Waals surface area (Å²) in [6, 6.07) is 4.13. The minimum absolute atomic E-state index is 0.327. The molecular weight excluding hydrogens is 270 g/mol. The van der Waals surface area contributed by atoms with E-state index in [2.05, 4.69) is 26.1 Å². The smallest absolute Gasteiger partial charge is 0.186 e. The van der Waals surface area contributed by atoms with Crippen molar-refractivity contribution in [3.8, 4) is 6.07 Å². The van der Waals surface area contributed by atoms with Crippen LogP contribution in [0.5, 0.6) is 0 Å². The molecule has 0 radical (unpaired) electrons. The van der Waals surface area contributed by atoms with Gasteiger partial charge in [0, 0.05) is 38.7 Å². The van der Waals surface area contributed by atoms with E-state index in [9.17, 15) is 5.26 Å². The maximum absolute atomic E-state index is 9.26. The van der Waals surface area contributed by atoms with Crippen molar-refractivity contribution in [2.75, 3.05) is 49.2 Å². The zero-order valence-electron chi connectivity index (χ0n) is 11.7. The molecule has 4 aliphatic heterocycles. The molecule has 21 heavy (non-hydrogen) atoms. The zero-order chi connectivity index (χ0) is 14.2. The second kappa shape index (κ2) is 5.13. The average Bonchev–Trinajstić information content (AvgIpc) is 2.54. The highest BCUT2D eigenvalue weighted by Crippen LogP contribution is 2.32. The van der Waals surface area contributed by atoms with Gasteiger partial charge in [0.2, 0.25) is 0 Å². The van der Waals surface area contributed by atoms with Gasteiger partial charge in [-0.3, -0.25) is 0 Å². The number of anilines is 2. The Morgan fingerprint density at radius 2 is 1.86 bits per heavy atom. The van der Waals surface area contributed by atoms with Gasteiger partial charge in [-0.15, -0.1) is 10.2 Å². The number of nitrogens with zero attached hydrogens (tertiary/aromatic N) is 5. The van der Waals surface area contributed by atoms with Crippen molar-refractivity contribution in [1.29, 1.82) is 5.26 Å². The molecule has 0 N–H and O–H groups in total. The van der Waals surface area contributed by atoms with E-state index in [-0.39, 0.29) is 0 Å². The second-order valence-electron chi connectivity index (χ2n) is 5.67. The fourth-order valence-corrected chi connectivity index (χ4v) is 3.19. The summed E-state index contributed by atoms with van der Waals surface area (Å²) in [6.07, 6.45) is 1.80. The van der Waals surface area contributed by atoms with Gasteiger partial charge in [0.15, 0.2) is 11.5 Å². The highest BCUT2D eigenvalue weighted by molar-refractivity contribution is 5.61. The number of hydrogen-bond donors (Lipinski definition) is 0. The second-order valence-corrected chi connectivity index (χ2v) is 5.67. The molecular formula is C14H17N5O2. The largest absolute Gasteiger partial charge is 0.378 e. The minimum atomic E-state index is 0.327. The zero-order valence-corrected chi connectivity index (χ0v) is 11.7. The number of piperidine rings is 1. The van der Waals surface area contributed by atoms with Crippen LogP contribution < -0.4 is 9.80 Å². The van der Waals surface area contributed by atoms with Gasteiger partial charge < -0.3 is 19.3 Å². The number of ether oxygens (including phenoxy) is 2. The summed E-state index contributed by atoms with van der Waals surface area (Å²) < 4.78 is 11.0. The number of fused-ring (bicyclic) bond motifs is 2. The Morgan fingerprint density at radius 1 is 1.14 bits per heavy atom. The van der Waals surface area contributed by atoms with E-state index in [4.69, 9.17) is 9.47 Å². The van der Waals surface area contributed by atoms with Gasteiger partial charge >= 0.3 is 0 Å². The van der Waals surface area contributed by atoms with E-state index in [1.54, 1.807) is 0 Å². The number of hydrogen-bond acceptors (Lipinski definition) is 7. The normalized spacial score (nSPS) is 28.0. The molecule has 7 heteroatoms. The van der Waals surface area contributed by atoms with Crippen LogP contribution in [0.25, 0.3) is 0 Å². The fraction of sp³-hybridized carbons (Fsp3) is 0.643. The molecule has 2 unspecified atom stereocenters. The van der Waals surface area contributed by atoms with Crippen LogP contribution in [0.1, 0.15) is 12.1 Å². The first-order valence-electron chi connectivity index (χ1n) is 7.34. The SMILES string of the molecule is N#Cc1nnc(N2CC3CC(C2)O3)cc1N1CCOCC1. The van der Waals surface area contributed by atoms with Crippen LogP contribution >= 0.6 is 0 Å². The summed E-state index contributed by atoms with van der Waals surface area (Å²) in [7, 11) is 0. The first-order chi connectivity index (χ1) is 10.3. The Hall–Kier alpha value is -1.91. The standard InChI is InChI=1S/C14H17N5O2/c15-7-12-13(18-1-3-20-4-2-18)6-14(17-16-12)19-8-10-5-11(9-19)21-10/h6,10-11H,1-5,8-9H2. The van der Waals surface area contributed by atoms with Gasteiger partial charge in [-0.2, -0.15) is 5.26 Å². The molecule has 110 valence electrons. The van der Waals surface area contributed by atoms with Crippen LogP contribution in [-0.2, 0) is 9.47 Å². The molecule has 7 nitrogen and oxygen atoms in total. The highest BCUT2D eigenvalue weighted by atomic mass is 16.5. The Kier molecular flexibility index (Phi) is 3.13. The molecule has 2 atom stereocenters. The Morgan fingerprint density at radius 3 is 2.52 bits per heavy atom. The van der Waals surface area contributed by atoms with E-state index in [1.807, 2.05) is 6.07 Å². The maximum atomic E-state index is 9.26. The summed E-state index contributed by atoms with van der Waals surface area (Å²) in [5.41, 5.74) is 1.25. The first kappa shape index (κ1) is 12.8. The predicted molar refractivity (Wildman–Crippen MR) is 75.3 cm³/mol. The molecule has 0 aromatic carbocycles. The molecule has 0 saturated carbocycles. The van der Waals surface area contributed by atoms with Crippen LogP contribution in [0.2, 0.25) is 0 Å². The van der Waals surface area contributed by atoms with E-state index < -0.39 is 0 Å². The quantitative estimate of drug-likeness (QED) is 0.767. The molecule has 5 heterocycles. The monoisotopic (exact) mass is 287 g/mol. The molecule has 4 aliphatic rings. The molecule has 0 aliphatic carbocycles. The molecule has 5 rings (SSSR count). The third-order valence-electron chi connectivity index (χ3n) is 4.30. The van der Waals surface area contributed by atoms with Crippen molar-refractivity contribution in [1.82, 2.24) is 10.2 Å². The predicted octanol–water partition coefficient (Wildman–Crippen LogP) is 0.162. The van der Waals surface area contributed by atoms with Crippen molar-refractivity contribution in [3.05, 3.63) is 11.8 Å².